The number of allylic oxidation sites excluding steroid dienone is 2. The lowest BCUT2D eigenvalue weighted by Gasteiger charge is -2.24. The SMILES string of the molecule is CC(=C1CCC(C(=O)Nc2nc(C)no2)CC1)c1cccc(Oc2ccc(C(F)(F)F)cn2)c1. The molecule has 1 N–H and O–H groups in total. The summed E-state index contributed by atoms with van der Waals surface area (Å²) in [7, 11) is 0. The van der Waals surface area contributed by atoms with Crippen molar-refractivity contribution in [2.75, 3.05) is 5.32 Å². The summed E-state index contributed by atoms with van der Waals surface area (Å²) in [6.07, 6.45) is -0.730. The third-order valence-corrected chi connectivity index (χ3v) is 5.80. The molecule has 178 valence electrons. The molecular formula is C24H23F3N4O3. The van der Waals surface area contributed by atoms with Crippen molar-refractivity contribution in [2.24, 2.45) is 5.92 Å². The molecule has 0 saturated heterocycles. The Kier molecular flexibility index (Phi) is 6.67. The molecule has 3 aromatic rings. The maximum absolute atomic E-state index is 12.7. The van der Waals surface area contributed by atoms with E-state index in [-0.39, 0.29) is 23.7 Å². The molecule has 1 aromatic carbocycles. The number of anilines is 1. The van der Waals surface area contributed by atoms with Crippen LogP contribution >= 0.6 is 0 Å². The predicted octanol–water partition coefficient (Wildman–Crippen LogP) is 6.19. The Morgan fingerprint density at radius 3 is 2.56 bits per heavy atom. The number of pyridine rings is 1. The summed E-state index contributed by atoms with van der Waals surface area (Å²) in [5, 5.41) is 6.33. The molecule has 2 heterocycles. The number of ether oxygens (including phenoxy) is 1. The third kappa shape index (κ3) is 5.62. The number of aromatic nitrogens is 3. The van der Waals surface area contributed by atoms with E-state index in [4.69, 9.17) is 9.26 Å². The minimum Gasteiger partial charge on any atom is -0.439 e. The lowest BCUT2D eigenvalue weighted by Crippen LogP contribution is -2.25. The van der Waals surface area contributed by atoms with Crippen molar-refractivity contribution in [1.82, 2.24) is 15.1 Å². The van der Waals surface area contributed by atoms with Gasteiger partial charge in [0.05, 0.1) is 5.56 Å². The van der Waals surface area contributed by atoms with Crippen molar-refractivity contribution < 1.29 is 27.2 Å². The molecule has 1 amide bonds. The molecule has 0 spiro atoms. The smallest absolute Gasteiger partial charge is 0.417 e. The number of hydrogen-bond acceptors (Lipinski definition) is 6. The number of nitrogens with one attached hydrogen (secondary N) is 1. The van der Waals surface area contributed by atoms with Gasteiger partial charge in [-0.15, -0.1) is 0 Å². The van der Waals surface area contributed by atoms with E-state index in [1.165, 1.54) is 11.6 Å². The zero-order chi connectivity index (χ0) is 24.3. The first-order chi connectivity index (χ1) is 16.2. The fourth-order valence-corrected chi connectivity index (χ4v) is 3.88. The summed E-state index contributed by atoms with van der Waals surface area (Å²) in [6.45, 7) is 3.70. The van der Waals surface area contributed by atoms with Gasteiger partial charge in [-0.25, -0.2) is 4.98 Å². The molecule has 10 heteroatoms. The van der Waals surface area contributed by atoms with Crippen LogP contribution in [0.25, 0.3) is 5.57 Å². The fourth-order valence-electron chi connectivity index (χ4n) is 3.88. The van der Waals surface area contributed by atoms with Crippen molar-refractivity contribution in [3.8, 4) is 11.6 Å². The quantitative estimate of drug-likeness (QED) is 0.476. The van der Waals surface area contributed by atoms with Gasteiger partial charge in [-0.05, 0) is 68.9 Å². The van der Waals surface area contributed by atoms with Crippen molar-refractivity contribution in [1.29, 1.82) is 0 Å². The number of benzene rings is 1. The second kappa shape index (κ2) is 9.66. The normalized spacial score (nSPS) is 16.3. The first kappa shape index (κ1) is 23.5. The van der Waals surface area contributed by atoms with Crippen molar-refractivity contribution in [3.63, 3.8) is 0 Å². The second-order valence-electron chi connectivity index (χ2n) is 8.15. The van der Waals surface area contributed by atoms with E-state index < -0.39 is 11.7 Å². The van der Waals surface area contributed by atoms with Gasteiger partial charge in [-0.1, -0.05) is 22.9 Å². The maximum Gasteiger partial charge on any atom is 0.417 e. The number of amides is 1. The van der Waals surface area contributed by atoms with E-state index in [0.717, 1.165) is 36.2 Å². The van der Waals surface area contributed by atoms with Crippen LogP contribution in [0, 0.1) is 12.8 Å². The van der Waals surface area contributed by atoms with E-state index in [0.29, 0.717) is 24.4 Å². The van der Waals surface area contributed by atoms with Gasteiger partial charge in [0, 0.05) is 18.2 Å². The molecule has 0 unspecified atom stereocenters. The summed E-state index contributed by atoms with van der Waals surface area (Å²) >= 11 is 0. The zero-order valence-corrected chi connectivity index (χ0v) is 18.6. The van der Waals surface area contributed by atoms with Crippen LogP contribution < -0.4 is 10.1 Å². The molecule has 0 bridgehead atoms. The minimum absolute atomic E-state index is 0.0819. The lowest BCUT2D eigenvalue weighted by atomic mass is 9.82. The van der Waals surface area contributed by atoms with E-state index in [9.17, 15) is 18.0 Å². The van der Waals surface area contributed by atoms with Crippen LogP contribution in [0.15, 0.2) is 52.7 Å². The Labute approximate surface area is 194 Å². The van der Waals surface area contributed by atoms with E-state index in [1.807, 2.05) is 25.1 Å². The van der Waals surface area contributed by atoms with E-state index >= 15 is 0 Å². The lowest BCUT2D eigenvalue weighted by molar-refractivity contribution is -0.137. The molecule has 1 aliphatic rings. The Hall–Kier alpha value is -3.69. The predicted molar refractivity (Wildman–Crippen MR) is 118 cm³/mol. The highest BCUT2D eigenvalue weighted by molar-refractivity contribution is 5.90. The number of hydrogen-bond donors (Lipinski definition) is 1. The molecule has 34 heavy (non-hydrogen) atoms. The zero-order valence-electron chi connectivity index (χ0n) is 18.6. The third-order valence-electron chi connectivity index (χ3n) is 5.80. The second-order valence-corrected chi connectivity index (χ2v) is 8.15. The maximum atomic E-state index is 12.7. The van der Waals surface area contributed by atoms with Crippen LogP contribution in [0.5, 0.6) is 11.6 Å². The molecule has 0 atom stereocenters. The molecule has 1 aliphatic carbocycles. The summed E-state index contributed by atoms with van der Waals surface area (Å²) < 4.78 is 48.8. The molecule has 0 aliphatic heterocycles. The topological polar surface area (TPSA) is 90.1 Å². The van der Waals surface area contributed by atoms with Crippen LogP contribution in [0.2, 0.25) is 0 Å². The average Bonchev–Trinajstić information content (AvgIpc) is 3.23. The Morgan fingerprint density at radius 2 is 1.94 bits per heavy atom. The summed E-state index contributed by atoms with van der Waals surface area (Å²) in [5.41, 5.74) is 2.47. The van der Waals surface area contributed by atoms with Gasteiger partial charge < -0.3 is 9.26 Å². The summed E-state index contributed by atoms with van der Waals surface area (Å²) in [5.74, 6) is 0.759. The largest absolute Gasteiger partial charge is 0.439 e. The van der Waals surface area contributed by atoms with Crippen molar-refractivity contribution in [3.05, 3.63) is 65.1 Å². The first-order valence-electron chi connectivity index (χ1n) is 10.8. The van der Waals surface area contributed by atoms with Gasteiger partial charge in [0.2, 0.25) is 11.8 Å². The number of nitrogens with zero attached hydrogens (tertiary/aromatic N) is 3. The van der Waals surface area contributed by atoms with Crippen LogP contribution in [0.3, 0.4) is 0 Å². The summed E-state index contributed by atoms with van der Waals surface area (Å²) in [6, 6.07) is 9.58. The van der Waals surface area contributed by atoms with Gasteiger partial charge in [0.25, 0.3) is 0 Å². The molecular weight excluding hydrogens is 449 g/mol. The molecule has 7 nitrogen and oxygen atoms in total. The summed E-state index contributed by atoms with van der Waals surface area (Å²) in [4.78, 5) is 20.2. The van der Waals surface area contributed by atoms with Gasteiger partial charge in [-0.2, -0.15) is 18.2 Å². The average molecular weight is 472 g/mol. The van der Waals surface area contributed by atoms with Gasteiger partial charge >= 0.3 is 12.2 Å². The minimum atomic E-state index is -4.44. The van der Waals surface area contributed by atoms with Crippen LogP contribution in [-0.2, 0) is 11.0 Å². The van der Waals surface area contributed by atoms with Gasteiger partial charge in [0.15, 0.2) is 5.82 Å². The molecule has 1 saturated carbocycles. The fraction of sp³-hybridized carbons (Fsp3) is 0.333. The number of aryl methyl sites for hydroxylation is 1. The monoisotopic (exact) mass is 472 g/mol. The number of carbonyl (C=O) groups is 1. The van der Waals surface area contributed by atoms with E-state index in [2.05, 4.69) is 20.4 Å². The van der Waals surface area contributed by atoms with Crippen LogP contribution in [0.4, 0.5) is 19.2 Å². The number of rotatable bonds is 5. The number of halogens is 3. The highest BCUT2D eigenvalue weighted by atomic mass is 19.4. The van der Waals surface area contributed by atoms with E-state index in [1.54, 1.807) is 13.0 Å². The Bertz CT molecular complexity index is 1190. The first-order valence-corrected chi connectivity index (χ1v) is 10.8. The highest BCUT2D eigenvalue weighted by Gasteiger charge is 2.30. The van der Waals surface area contributed by atoms with Crippen molar-refractivity contribution >= 4 is 17.5 Å². The highest BCUT2D eigenvalue weighted by Crippen LogP contribution is 2.35. The standard InChI is InChI=1S/C24H23F3N4O3/c1-14(16-6-8-17(9-7-16)22(32)30-23-29-15(2)31-34-23)18-4-3-5-20(12-18)33-21-11-10-19(13-28-21)24(25,26)27/h3-5,10-13,17H,6-9H2,1-2H3,(H,29,30,31,32). The van der Waals surface area contributed by atoms with Gasteiger partial charge in [0.1, 0.15) is 5.75 Å². The van der Waals surface area contributed by atoms with Crippen molar-refractivity contribution in [2.45, 2.75) is 45.7 Å². The molecule has 0 radical (unpaired) electrons. The van der Waals surface area contributed by atoms with Gasteiger partial charge in [-0.3, -0.25) is 10.1 Å². The Balaban J connectivity index is 1.39. The number of carbonyl (C=O) groups excluding carboxylic acids is 1. The molecule has 1 fully saturated rings. The molecule has 4 rings (SSSR count). The molecule has 2 aromatic heterocycles. The van der Waals surface area contributed by atoms with Crippen LogP contribution in [0.1, 0.15) is 49.6 Å². The number of alkyl halides is 3. The van der Waals surface area contributed by atoms with Crippen LogP contribution in [-0.4, -0.2) is 21.0 Å². The Morgan fingerprint density at radius 1 is 1.18 bits per heavy atom.